The van der Waals surface area contributed by atoms with Gasteiger partial charge in [0.15, 0.2) is 0 Å². The standard InChI is InChI=1S/C18H23N3O3/c1-11(2)12-5-4-6-14(9-12)19-15(22)10-21-16(23)18(3,13-7-8-13)20-17(21)24/h4-6,9,11,13H,7-8,10H2,1-3H3,(H,19,22)(H,20,24)/t18-/m1/s1. The molecule has 24 heavy (non-hydrogen) atoms. The highest BCUT2D eigenvalue weighted by Crippen LogP contribution is 2.42. The van der Waals surface area contributed by atoms with Crippen molar-refractivity contribution in [3.8, 4) is 0 Å². The Labute approximate surface area is 141 Å². The van der Waals surface area contributed by atoms with Crippen LogP contribution in [0.3, 0.4) is 0 Å². The smallest absolute Gasteiger partial charge is 0.325 e. The third-order valence-corrected chi connectivity index (χ3v) is 4.83. The molecule has 2 N–H and O–H groups in total. The zero-order chi connectivity index (χ0) is 17.5. The fourth-order valence-electron chi connectivity index (χ4n) is 3.12. The number of amides is 4. The molecule has 1 aromatic carbocycles. The second kappa shape index (κ2) is 5.92. The number of rotatable bonds is 5. The zero-order valence-corrected chi connectivity index (χ0v) is 14.3. The SMILES string of the molecule is CC(C)c1cccc(NC(=O)CN2C(=O)N[C@](C)(C3CC3)C2=O)c1. The molecule has 1 heterocycles. The number of anilines is 1. The van der Waals surface area contributed by atoms with E-state index in [9.17, 15) is 14.4 Å². The first-order chi connectivity index (χ1) is 11.3. The summed E-state index contributed by atoms with van der Waals surface area (Å²) in [6.45, 7) is 5.63. The van der Waals surface area contributed by atoms with E-state index >= 15 is 0 Å². The van der Waals surface area contributed by atoms with E-state index in [0.717, 1.165) is 23.3 Å². The molecule has 0 radical (unpaired) electrons. The number of imide groups is 1. The Morgan fingerprint density at radius 3 is 2.71 bits per heavy atom. The van der Waals surface area contributed by atoms with Crippen LogP contribution in [0.2, 0.25) is 0 Å². The summed E-state index contributed by atoms with van der Waals surface area (Å²) in [4.78, 5) is 37.9. The molecular weight excluding hydrogens is 306 g/mol. The maximum Gasteiger partial charge on any atom is 0.325 e. The Morgan fingerprint density at radius 1 is 1.38 bits per heavy atom. The molecule has 1 aromatic rings. The Bertz CT molecular complexity index is 697. The predicted octanol–water partition coefficient (Wildman–Crippen LogP) is 2.47. The van der Waals surface area contributed by atoms with Crippen LogP contribution >= 0.6 is 0 Å². The van der Waals surface area contributed by atoms with Crippen molar-refractivity contribution >= 4 is 23.5 Å². The van der Waals surface area contributed by atoms with Crippen molar-refractivity contribution in [2.75, 3.05) is 11.9 Å². The Kier molecular flexibility index (Phi) is 4.07. The van der Waals surface area contributed by atoms with Crippen molar-refractivity contribution < 1.29 is 14.4 Å². The van der Waals surface area contributed by atoms with Crippen molar-refractivity contribution in [3.63, 3.8) is 0 Å². The number of carbonyl (C=O) groups excluding carboxylic acids is 3. The molecule has 0 unspecified atom stereocenters. The normalized spacial score (nSPS) is 23.6. The van der Waals surface area contributed by atoms with Gasteiger partial charge in [0.05, 0.1) is 0 Å². The molecular formula is C18H23N3O3. The summed E-state index contributed by atoms with van der Waals surface area (Å²) in [5.74, 6) is -0.141. The minimum absolute atomic E-state index is 0.185. The summed E-state index contributed by atoms with van der Waals surface area (Å²) in [5.41, 5.74) is 0.932. The van der Waals surface area contributed by atoms with Crippen LogP contribution < -0.4 is 10.6 Å². The first kappa shape index (κ1) is 16.5. The topological polar surface area (TPSA) is 78.5 Å². The Hall–Kier alpha value is -2.37. The molecule has 128 valence electrons. The number of carbonyl (C=O) groups is 3. The highest BCUT2D eigenvalue weighted by Gasteiger charge is 2.56. The van der Waals surface area contributed by atoms with Crippen molar-refractivity contribution in [3.05, 3.63) is 29.8 Å². The average molecular weight is 329 g/mol. The highest BCUT2D eigenvalue weighted by atomic mass is 16.2. The molecule has 1 saturated carbocycles. The van der Waals surface area contributed by atoms with Gasteiger partial charge in [0.1, 0.15) is 12.1 Å². The lowest BCUT2D eigenvalue weighted by molar-refractivity contribution is -0.134. The van der Waals surface area contributed by atoms with Crippen LogP contribution in [0.4, 0.5) is 10.5 Å². The molecule has 0 spiro atoms. The molecule has 1 aliphatic heterocycles. The first-order valence-electron chi connectivity index (χ1n) is 8.35. The minimum atomic E-state index is -0.852. The van der Waals surface area contributed by atoms with Crippen LogP contribution in [0.5, 0.6) is 0 Å². The van der Waals surface area contributed by atoms with Gasteiger partial charge in [0, 0.05) is 5.69 Å². The molecule has 2 aliphatic rings. The van der Waals surface area contributed by atoms with E-state index in [-0.39, 0.29) is 24.3 Å². The van der Waals surface area contributed by atoms with Crippen molar-refractivity contribution in [1.29, 1.82) is 0 Å². The predicted molar refractivity (Wildman–Crippen MR) is 90.5 cm³/mol. The fourth-order valence-corrected chi connectivity index (χ4v) is 3.12. The van der Waals surface area contributed by atoms with E-state index in [1.165, 1.54) is 0 Å². The van der Waals surface area contributed by atoms with E-state index in [1.54, 1.807) is 13.0 Å². The lowest BCUT2D eigenvalue weighted by atomic mass is 9.96. The zero-order valence-electron chi connectivity index (χ0n) is 14.3. The molecule has 4 amide bonds. The van der Waals surface area contributed by atoms with Gasteiger partial charge in [0.2, 0.25) is 5.91 Å². The van der Waals surface area contributed by atoms with Gasteiger partial charge in [-0.15, -0.1) is 0 Å². The Balaban J connectivity index is 1.66. The molecule has 1 saturated heterocycles. The summed E-state index contributed by atoms with van der Waals surface area (Å²) in [7, 11) is 0. The molecule has 6 heteroatoms. The van der Waals surface area contributed by atoms with Crippen LogP contribution in [0.1, 0.15) is 45.1 Å². The summed E-state index contributed by atoms with van der Waals surface area (Å²) in [6.07, 6.45) is 1.87. The summed E-state index contributed by atoms with van der Waals surface area (Å²) < 4.78 is 0. The summed E-state index contributed by atoms with van der Waals surface area (Å²) in [6, 6.07) is 7.09. The lowest BCUT2D eigenvalue weighted by Gasteiger charge is -2.20. The maximum absolute atomic E-state index is 12.5. The number of urea groups is 1. The van der Waals surface area contributed by atoms with Gasteiger partial charge in [-0.1, -0.05) is 26.0 Å². The van der Waals surface area contributed by atoms with E-state index < -0.39 is 11.6 Å². The summed E-state index contributed by atoms with van der Waals surface area (Å²) in [5, 5.41) is 5.51. The van der Waals surface area contributed by atoms with Gasteiger partial charge in [-0.25, -0.2) is 4.79 Å². The lowest BCUT2D eigenvalue weighted by Crippen LogP contribution is -2.46. The second-order valence-electron chi connectivity index (χ2n) is 7.13. The fraction of sp³-hybridized carbons (Fsp3) is 0.500. The van der Waals surface area contributed by atoms with Gasteiger partial charge in [-0.3, -0.25) is 14.5 Å². The minimum Gasteiger partial charge on any atom is -0.325 e. The monoisotopic (exact) mass is 329 g/mol. The number of nitrogens with zero attached hydrogens (tertiary/aromatic N) is 1. The van der Waals surface area contributed by atoms with Crippen molar-refractivity contribution in [2.24, 2.45) is 5.92 Å². The number of hydrogen-bond acceptors (Lipinski definition) is 3. The van der Waals surface area contributed by atoms with Gasteiger partial charge in [0.25, 0.3) is 5.91 Å². The maximum atomic E-state index is 12.5. The highest BCUT2D eigenvalue weighted by molar-refractivity contribution is 6.10. The van der Waals surface area contributed by atoms with Gasteiger partial charge in [-0.2, -0.15) is 0 Å². The third-order valence-electron chi connectivity index (χ3n) is 4.83. The van der Waals surface area contributed by atoms with Gasteiger partial charge >= 0.3 is 6.03 Å². The van der Waals surface area contributed by atoms with E-state index in [4.69, 9.17) is 0 Å². The Morgan fingerprint density at radius 2 is 2.08 bits per heavy atom. The first-order valence-corrected chi connectivity index (χ1v) is 8.35. The van der Waals surface area contributed by atoms with Crippen molar-refractivity contribution in [2.45, 2.75) is 45.1 Å². The van der Waals surface area contributed by atoms with Crippen LogP contribution in [0.15, 0.2) is 24.3 Å². The molecule has 6 nitrogen and oxygen atoms in total. The van der Waals surface area contributed by atoms with Crippen LogP contribution in [0, 0.1) is 5.92 Å². The molecule has 0 bridgehead atoms. The molecule has 1 aliphatic carbocycles. The van der Waals surface area contributed by atoms with Crippen LogP contribution in [0.25, 0.3) is 0 Å². The second-order valence-corrected chi connectivity index (χ2v) is 7.13. The average Bonchev–Trinajstić information content (AvgIpc) is 3.34. The molecule has 2 fully saturated rings. The van der Waals surface area contributed by atoms with E-state index in [2.05, 4.69) is 24.5 Å². The largest absolute Gasteiger partial charge is 0.325 e. The van der Waals surface area contributed by atoms with E-state index in [1.807, 2.05) is 18.2 Å². The number of benzene rings is 1. The summed E-state index contributed by atoms with van der Waals surface area (Å²) >= 11 is 0. The van der Waals surface area contributed by atoms with Crippen LogP contribution in [-0.2, 0) is 9.59 Å². The third kappa shape index (κ3) is 3.00. The molecule has 3 rings (SSSR count). The van der Waals surface area contributed by atoms with E-state index in [0.29, 0.717) is 11.6 Å². The van der Waals surface area contributed by atoms with Crippen LogP contribution in [-0.4, -0.2) is 34.8 Å². The van der Waals surface area contributed by atoms with Gasteiger partial charge in [-0.05, 0) is 49.3 Å². The molecule has 0 aromatic heterocycles. The number of nitrogens with one attached hydrogen (secondary N) is 2. The number of hydrogen-bond donors (Lipinski definition) is 2. The molecule has 1 atom stereocenters. The quantitative estimate of drug-likeness (QED) is 0.815. The van der Waals surface area contributed by atoms with Gasteiger partial charge < -0.3 is 10.6 Å². The van der Waals surface area contributed by atoms with Crippen molar-refractivity contribution in [1.82, 2.24) is 10.2 Å².